The van der Waals surface area contributed by atoms with Gasteiger partial charge in [0, 0.05) is 43.7 Å². The van der Waals surface area contributed by atoms with Crippen LogP contribution in [0.4, 0.5) is 0 Å². The van der Waals surface area contributed by atoms with Gasteiger partial charge in [0.25, 0.3) is 0 Å². The molecule has 16 rings (SSSR count). The Kier molecular flexibility index (Phi) is 11.2. The van der Waals surface area contributed by atoms with Crippen LogP contribution in [0.25, 0.3) is 116 Å². The second-order valence-corrected chi connectivity index (χ2v) is 25.4. The molecule has 0 radical (unpaired) electrons. The van der Waals surface area contributed by atoms with Gasteiger partial charge in [-0.2, -0.15) is 0 Å². The van der Waals surface area contributed by atoms with Crippen LogP contribution in [-0.2, 0) is 0 Å². The van der Waals surface area contributed by atoms with Crippen LogP contribution < -0.4 is 20.7 Å². The van der Waals surface area contributed by atoms with Crippen LogP contribution in [-0.4, -0.2) is 21.8 Å². The molecule has 0 amide bonds. The van der Waals surface area contributed by atoms with Crippen LogP contribution >= 0.6 is 0 Å². The maximum Gasteiger partial charge on any atom is 0.179 e. The molecule has 0 atom stereocenters. The minimum Gasteiger partial charge on any atom is -0.309 e. The van der Waals surface area contributed by atoms with Crippen LogP contribution in [0.2, 0.25) is 0 Å². The maximum atomic E-state index is 2.51. The highest BCUT2D eigenvalue weighted by atomic mass is 28.3. The lowest BCUT2D eigenvalue weighted by atomic mass is 10.0. The molecule has 0 bridgehead atoms. The van der Waals surface area contributed by atoms with E-state index in [-0.39, 0.29) is 0 Å². The Hall–Kier alpha value is -10.5. The van der Waals surface area contributed by atoms with Crippen LogP contribution in [0.15, 0.2) is 322 Å². The second kappa shape index (κ2) is 19.4. The summed E-state index contributed by atoms with van der Waals surface area (Å²) in [5.74, 6) is 0. The van der Waals surface area contributed by atoms with Gasteiger partial charge in [-0.15, -0.1) is 0 Å². The van der Waals surface area contributed by atoms with Crippen LogP contribution in [0, 0.1) is 0 Å². The molecule has 0 spiro atoms. The second-order valence-electron chi connectivity index (χ2n) is 21.6. The van der Waals surface area contributed by atoms with Crippen LogP contribution in [0.1, 0.15) is 0 Å². The van der Waals surface area contributed by atoms with Gasteiger partial charge in [-0.05, 0) is 121 Å². The van der Waals surface area contributed by atoms with E-state index in [1.807, 2.05) is 0 Å². The molecule has 0 unspecified atom stereocenters. The Balaban J connectivity index is 0.922. The molecule has 0 saturated heterocycles. The van der Waals surface area contributed by atoms with Crippen molar-refractivity contribution >= 4 is 94.2 Å². The first-order valence-electron chi connectivity index (χ1n) is 28.3. The van der Waals surface area contributed by atoms with Crippen molar-refractivity contribution in [1.29, 1.82) is 0 Å². The predicted octanol–water partition coefficient (Wildman–Crippen LogP) is 17.4. The zero-order valence-electron chi connectivity index (χ0n) is 44.9. The summed E-state index contributed by atoms with van der Waals surface area (Å²) < 4.78 is 7.47. The molecule has 3 heterocycles. The molecule has 0 aliphatic heterocycles. The number of hydrogen-bond donors (Lipinski definition) is 0. The Morgan fingerprint density at radius 3 is 1.09 bits per heavy atom. The molecule has 384 valence electrons. The minimum absolute atomic E-state index is 1.09. The van der Waals surface area contributed by atoms with E-state index in [4.69, 9.17) is 0 Å². The van der Waals surface area contributed by atoms with Gasteiger partial charge < -0.3 is 13.7 Å². The number of fused-ring (bicyclic) bond motifs is 9. The summed E-state index contributed by atoms with van der Waals surface area (Å²) in [5, 5.41) is 12.7. The molecule has 4 heteroatoms. The van der Waals surface area contributed by atoms with Crippen molar-refractivity contribution in [2.75, 3.05) is 0 Å². The molecule has 3 aromatic heterocycles. The fourth-order valence-electron chi connectivity index (χ4n) is 13.6. The summed E-state index contributed by atoms with van der Waals surface area (Å²) in [4.78, 5) is 0. The van der Waals surface area contributed by atoms with E-state index < -0.39 is 8.07 Å². The van der Waals surface area contributed by atoms with E-state index >= 15 is 0 Å². The SMILES string of the molecule is c1ccc(-c2ccc([Si](c3ccccc3)(c3ccccc3)c3ccc(-c4cc(-n5c6ccccc6c6ccccc65)cc(-n5c6ccccc6c6c(-n7c8ccccc8c8cc(-c9ccccc9)ccc87)cccc65)c4)cc3)cc2)cc1. The van der Waals surface area contributed by atoms with Gasteiger partial charge in [0.2, 0.25) is 0 Å². The van der Waals surface area contributed by atoms with Gasteiger partial charge in [0.05, 0.1) is 38.8 Å². The first-order chi connectivity index (χ1) is 40.7. The van der Waals surface area contributed by atoms with Crippen molar-refractivity contribution < 1.29 is 0 Å². The third-order valence-electron chi connectivity index (χ3n) is 17.2. The number of para-hydroxylation sites is 4. The van der Waals surface area contributed by atoms with E-state index in [1.54, 1.807) is 0 Å². The number of aromatic nitrogens is 3. The Bertz CT molecular complexity index is 4960. The highest BCUT2D eigenvalue weighted by molar-refractivity contribution is 7.19. The van der Waals surface area contributed by atoms with Gasteiger partial charge in [-0.1, -0.05) is 255 Å². The number of nitrogens with zero attached hydrogens (tertiary/aromatic N) is 3. The van der Waals surface area contributed by atoms with E-state index in [0.717, 1.165) is 39.2 Å². The highest BCUT2D eigenvalue weighted by Gasteiger charge is 2.41. The molecule has 0 N–H and O–H groups in total. The molecule has 3 nitrogen and oxygen atoms in total. The van der Waals surface area contributed by atoms with Crippen molar-refractivity contribution in [3.05, 3.63) is 322 Å². The standard InChI is InChI=1S/C78H53N3Si/c1-5-22-54(23-6-1)56-40-45-64(46-41-56)82(62-26-9-3-10-27-62,63-28-11-4-12-29-63)65-47-42-57(43-48-65)59-50-60(79-71-34-17-13-30-66(71)67-31-14-18-35-72(67)79)53-61(51-59)80-74-37-20-16-33-69(74)78-76(80)38-21-39-77(78)81-73-36-19-15-32-68(73)70-52-58(44-49-75(70)81)55-24-7-2-8-25-55/h1-53H. The summed E-state index contributed by atoms with van der Waals surface area (Å²) in [6, 6.07) is 120. The number of hydrogen-bond acceptors (Lipinski definition) is 0. The van der Waals surface area contributed by atoms with Gasteiger partial charge >= 0.3 is 0 Å². The molecule has 0 aliphatic carbocycles. The lowest BCUT2D eigenvalue weighted by Gasteiger charge is -2.34. The minimum atomic E-state index is -2.87. The summed E-state index contributed by atoms with van der Waals surface area (Å²) in [5.41, 5.74) is 17.5. The van der Waals surface area contributed by atoms with Gasteiger partial charge in [-0.3, -0.25) is 0 Å². The topological polar surface area (TPSA) is 14.8 Å². The third kappa shape index (κ3) is 7.50. The van der Waals surface area contributed by atoms with E-state index in [9.17, 15) is 0 Å². The van der Waals surface area contributed by atoms with Gasteiger partial charge in [-0.25, -0.2) is 0 Å². The number of benzene rings is 13. The molecule has 0 fully saturated rings. The molecular weight excluding hydrogens is 1010 g/mol. The largest absolute Gasteiger partial charge is 0.309 e. The molecule has 0 saturated carbocycles. The molecular formula is C78H53N3Si. The van der Waals surface area contributed by atoms with Crippen LogP contribution in [0.5, 0.6) is 0 Å². The Labute approximate surface area is 477 Å². The van der Waals surface area contributed by atoms with E-state index in [0.29, 0.717) is 0 Å². The maximum absolute atomic E-state index is 2.87. The summed E-state index contributed by atoms with van der Waals surface area (Å²) in [7, 11) is -2.87. The van der Waals surface area contributed by atoms with E-state index in [1.165, 1.54) is 97.4 Å². The average Bonchev–Trinajstić information content (AvgIpc) is 3.27. The molecule has 16 aromatic rings. The normalized spacial score (nSPS) is 11.9. The van der Waals surface area contributed by atoms with Crippen molar-refractivity contribution in [1.82, 2.24) is 13.7 Å². The Morgan fingerprint density at radius 2 is 0.549 bits per heavy atom. The lowest BCUT2D eigenvalue weighted by molar-refractivity contribution is 1.13. The van der Waals surface area contributed by atoms with Crippen molar-refractivity contribution in [3.63, 3.8) is 0 Å². The zero-order chi connectivity index (χ0) is 54.1. The third-order valence-corrected chi connectivity index (χ3v) is 22.0. The Morgan fingerprint density at radius 1 is 0.195 bits per heavy atom. The summed E-state index contributed by atoms with van der Waals surface area (Å²) in [6.07, 6.45) is 0. The summed E-state index contributed by atoms with van der Waals surface area (Å²) >= 11 is 0. The van der Waals surface area contributed by atoms with Crippen molar-refractivity contribution in [2.45, 2.75) is 0 Å². The zero-order valence-corrected chi connectivity index (χ0v) is 45.9. The summed E-state index contributed by atoms with van der Waals surface area (Å²) in [6.45, 7) is 0. The first kappa shape index (κ1) is 47.5. The predicted molar refractivity (Wildman–Crippen MR) is 349 cm³/mol. The highest BCUT2D eigenvalue weighted by Crippen LogP contribution is 2.42. The van der Waals surface area contributed by atoms with Gasteiger partial charge in [0.1, 0.15) is 0 Å². The molecule has 82 heavy (non-hydrogen) atoms. The fourth-order valence-corrected chi connectivity index (χ4v) is 18.3. The van der Waals surface area contributed by atoms with Crippen molar-refractivity contribution in [2.24, 2.45) is 0 Å². The lowest BCUT2D eigenvalue weighted by Crippen LogP contribution is -2.74. The fraction of sp³-hybridized carbons (Fsp3) is 0. The molecule has 13 aromatic carbocycles. The monoisotopic (exact) mass is 1060 g/mol. The number of rotatable bonds is 10. The first-order valence-corrected chi connectivity index (χ1v) is 30.3. The van der Waals surface area contributed by atoms with Gasteiger partial charge in [0.15, 0.2) is 8.07 Å². The van der Waals surface area contributed by atoms with Crippen molar-refractivity contribution in [3.8, 4) is 50.4 Å². The van der Waals surface area contributed by atoms with Crippen LogP contribution in [0.3, 0.4) is 0 Å². The molecule has 0 aliphatic rings. The van der Waals surface area contributed by atoms with E-state index in [2.05, 4.69) is 335 Å². The quantitative estimate of drug-likeness (QED) is 0.0958. The smallest absolute Gasteiger partial charge is 0.179 e. The average molecular weight is 1060 g/mol.